The van der Waals surface area contributed by atoms with Gasteiger partial charge in [0.25, 0.3) is 5.91 Å². The third-order valence-electron chi connectivity index (χ3n) is 5.15. The molecule has 0 aliphatic heterocycles. The molecule has 4 rings (SSSR count). The molecule has 0 fully saturated rings. The van der Waals surface area contributed by atoms with Gasteiger partial charge >= 0.3 is 0 Å². The number of carbonyl (C=O) groups excluding carboxylic acids is 1. The number of hydrogen-bond acceptors (Lipinski definition) is 4. The monoisotopic (exact) mass is 399 g/mol. The van der Waals surface area contributed by atoms with Gasteiger partial charge in [-0.2, -0.15) is 5.10 Å². The van der Waals surface area contributed by atoms with Gasteiger partial charge < -0.3 is 14.4 Å². The van der Waals surface area contributed by atoms with Crippen LogP contribution in [0.3, 0.4) is 0 Å². The Morgan fingerprint density at radius 3 is 2.79 bits per heavy atom. The Balaban J connectivity index is 1.66. The van der Waals surface area contributed by atoms with E-state index in [2.05, 4.69) is 6.20 Å². The molecule has 2 heterocycles. The fourth-order valence-electron chi connectivity index (χ4n) is 3.65. The van der Waals surface area contributed by atoms with E-state index >= 15 is 0 Å². The van der Waals surface area contributed by atoms with Gasteiger partial charge in [-0.05, 0) is 36.6 Å². The third-order valence-corrected chi connectivity index (χ3v) is 5.40. The molecule has 146 valence electrons. The molecule has 2 aromatic heterocycles. The molecule has 1 aliphatic rings. The first-order valence-corrected chi connectivity index (χ1v) is 9.65. The Bertz CT molecular complexity index is 1020. The Labute approximate surface area is 168 Å². The zero-order valence-electron chi connectivity index (χ0n) is 15.9. The Morgan fingerprint density at radius 2 is 2.07 bits per heavy atom. The van der Waals surface area contributed by atoms with Crippen LogP contribution in [0.1, 0.15) is 33.0 Å². The average Bonchev–Trinajstić information content (AvgIpc) is 3.23. The van der Waals surface area contributed by atoms with Gasteiger partial charge in [0, 0.05) is 42.4 Å². The summed E-state index contributed by atoms with van der Waals surface area (Å²) >= 11 is 5.96. The number of halogens is 1. The summed E-state index contributed by atoms with van der Waals surface area (Å²) in [6.07, 6.45) is 3.64. The van der Waals surface area contributed by atoms with Crippen molar-refractivity contribution >= 4 is 17.5 Å². The number of rotatable bonds is 5. The van der Waals surface area contributed by atoms with Gasteiger partial charge in [0.15, 0.2) is 5.76 Å². The Kier molecular flexibility index (Phi) is 5.00. The van der Waals surface area contributed by atoms with Crippen molar-refractivity contribution in [1.82, 2.24) is 14.7 Å². The number of aliphatic hydroxyl groups is 1. The van der Waals surface area contributed by atoms with Crippen LogP contribution in [0.25, 0.3) is 11.3 Å². The van der Waals surface area contributed by atoms with Crippen LogP contribution in [0, 0.1) is 6.92 Å². The van der Waals surface area contributed by atoms with Crippen molar-refractivity contribution in [1.29, 1.82) is 0 Å². The van der Waals surface area contributed by atoms with E-state index < -0.39 is 0 Å². The van der Waals surface area contributed by atoms with Crippen LogP contribution in [0.2, 0.25) is 5.02 Å². The van der Waals surface area contributed by atoms with Crippen LogP contribution < -0.4 is 0 Å². The van der Waals surface area contributed by atoms with Gasteiger partial charge in [-0.3, -0.25) is 9.48 Å². The lowest BCUT2D eigenvalue weighted by molar-refractivity contribution is 0.0733. The predicted molar refractivity (Wildman–Crippen MR) is 107 cm³/mol. The summed E-state index contributed by atoms with van der Waals surface area (Å²) in [5, 5.41) is 14.6. The SMILES string of the molecule is Cc1c(C(=O)N(C)CCO)oc2c1-c1nn(Cc3ccc(Cl)cc3)cc1CC2. The molecule has 0 bridgehead atoms. The standard InChI is InChI=1S/C21H22ClN3O3/c1-13-18-17(28-20(13)21(27)24(2)9-10-26)8-5-15-12-25(23-19(15)18)11-14-3-6-16(22)7-4-14/h3-4,6-7,12,26H,5,8-11H2,1-2H3. The van der Waals surface area contributed by atoms with E-state index in [1.807, 2.05) is 35.9 Å². The summed E-state index contributed by atoms with van der Waals surface area (Å²) in [6, 6.07) is 7.73. The van der Waals surface area contributed by atoms with Crippen molar-refractivity contribution in [2.24, 2.45) is 0 Å². The highest BCUT2D eigenvalue weighted by Crippen LogP contribution is 2.38. The van der Waals surface area contributed by atoms with Crippen molar-refractivity contribution in [2.45, 2.75) is 26.3 Å². The molecular weight excluding hydrogens is 378 g/mol. The fraction of sp³-hybridized carbons (Fsp3) is 0.333. The second kappa shape index (κ2) is 7.45. The molecule has 1 aromatic carbocycles. The Hall–Kier alpha value is -2.57. The first-order valence-electron chi connectivity index (χ1n) is 9.27. The molecule has 0 radical (unpaired) electrons. The molecule has 1 N–H and O–H groups in total. The molecule has 3 aromatic rings. The number of aliphatic hydroxyl groups excluding tert-OH is 1. The van der Waals surface area contributed by atoms with E-state index in [4.69, 9.17) is 26.2 Å². The number of carbonyl (C=O) groups is 1. The minimum atomic E-state index is -0.219. The maximum Gasteiger partial charge on any atom is 0.289 e. The van der Waals surface area contributed by atoms with Crippen LogP contribution in [0.15, 0.2) is 34.9 Å². The van der Waals surface area contributed by atoms with E-state index in [0.29, 0.717) is 17.3 Å². The van der Waals surface area contributed by atoms with Gasteiger partial charge in [0.1, 0.15) is 5.76 Å². The lowest BCUT2D eigenvalue weighted by Crippen LogP contribution is -2.29. The average molecular weight is 400 g/mol. The first kappa shape index (κ1) is 18.8. The van der Waals surface area contributed by atoms with Crippen LogP contribution in [-0.4, -0.2) is 45.9 Å². The number of furan rings is 1. The van der Waals surface area contributed by atoms with E-state index in [-0.39, 0.29) is 19.1 Å². The summed E-state index contributed by atoms with van der Waals surface area (Å²) in [6.45, 7) is 2.74. The maximum atomic E-state index is 12.6. The molecule has 0 atom stereocenters. The first-order chi connectivity index (χ1) is 13.5. The molecule has 7 heteroatoms. The molecule has 0 saturated carbocycles. The number of fused-ring (bicyclic) bond motifs is 3. The van der Waals surface area contributed by atoms with Crippen molar-refractivity contribution in [3.8, 4) is 11.3 Å². The number of aryl methyl sites for hydroxylation is 2. The highest BCUT2D eigenvalue weighted by molar-refractivity contribution is 6.30. The third kappa shape index (κ3) is 3.34. The van der Waals surface area contributed by atoms with Gasteiger partial charge in [-0.15, -0.1) is 0 Å². The molecule has 6 nitrogen and oxygen atoms in total. The Morgan fingerprint density at radius 1 is 1.32 bits per heavy atom. The number of amides is 1. The lowest BCUT2D eigenvalue weighted by Gasteiger charge is -2.14. The van der Waals surface area contributed by atoms with E-state index in [9.17, 15) is 4.79 Å². The van der Waals surface area contributed by atoms with Crippen molar-refractivity contribution < 1.29 is 14.3 Å². The highest BCUT2D eigenvalue weighted by Gasteiger charge is 2.30. The molecular formula is C21H22ClN3O3. The number of benzene rings is 1. The molecule has 28 heavy (non-hydrogen) atoms. The normalized spacial score (nSPS) is 12.6. The van der Waals surface area contributed by atoms with Gasteiger partial charge in [-0.25, -0.2) is 0 Å². The summed E-state index contributed by atoms with van der Waals surface area (Å²) in [5.41, 5.74) is 4.91. The van der Waals surface area contributed by atoms with Crippen LogP contribution in [0.4, 0.5) is 0 Å². The van der Waals surface area contributed by atoms with Gasteiger partial charge in [0.2, 0.25) is 0 Å². The lowest BCUT2D eigenvalue weighted by atomic mass is 9.93. The molecule has 0 spiro atoms. The van der Waals surface area contributed by atoms with Crippen LogP contribution in [0.5, 0.6) is 0 Å². The van der Waals surface area contributed by atoms with Crippen molar-refractivity contribution in [3.63, 3.8) is 0 Å². The minimum Gasteiger partial charge on any atom is -0.455 e. The van der Waals surface area contributed by atoms with E-state index in [1.54, 1.807) is 7.05 Å². The topological polar surface area (TPSA) is 71.5 Å². The summed E-state index contributed by atoms with van der Waals surface area (Å²) in [4.78, 5) is 14.1. The van der Waals surface area contributed by atoms with Gasteiger partial charge in [0.05, 0.1) is 18.8 Å². The van der Waals surface area contributed by atoms with E-state index in [0.717, 1.165) is 46.5 Å². The number of nitrogens with zero attached hydrogens (tertiary/aromatic N) is 3. The zero-order valence-corrected chi connectivity index (χ0v) is 16.7. The smallest absolute Gasteiger partial charge is 0.289 e. The number of hydrogen-bond donors (Lipinski definition) is 1. The van der Waals surface area contributed by atoms with Crippen LogP contribution in [-0.2, 0) is 19.4 Å². The van der Waals surface area contributed by atoms with E-state index in [1.165, 1.54) is 4.90 Å². The number of likely N-dealkylation sites (N-methyl/N-ethyl adjacent to an activating group) is 1. The molecule has 0 saturated heterocycles. The second-order valence-electron chi connectivity index (χ2n) is 7.13. The zero-order chi connectivity index (χ0) is 19.8. The summed E-state index contributed by atoms with van der Waals surface area (Å²) in [7, 11) is 1.66. The fourth-order valence-corrected chi connectivity index (χ4v) is 3.78. The largest absolute Gasteiger partial charge is 0.455 e. The van der Waals surface area contributed by atoms with Crippen molar-refractivity contribution in [2.75, 3.05) is 20.2 Å². The second-order valence-corrected chi connectivity index (χ2v) is 7.57. The minimum absolute atomic E-state index is 0.0824. The maximum absolute atomic E-state index is 12.6. The highest BCUT2D eigenvalue weighted by atomic mass is 35.5. The predicted octanol–water partition coefficient (Wildman–Crippen LogP) is 3.32. The molecule has 0 unspecified atom stereocenters. The molecule has 1 aliphatic carbocycles. The number of aromatic nitrogens is 2. The quantitative estimate of drug-likeness (QED) is 0.714. The van der Waals surface area contributed by atoms with Crippen LogP contribution >= 0.6 is 11.6 Å². The molecule has 1 amide bonds. The summed E-state index contributed by atoms with van der Waals surface area (Å²) in [5.74, 6) is 0.923. The van der Waals surface area contributed by atoms with Crippen molar-refractivity contribution in [3.05, 3.63) is 63.7 Å². The van der Waals surface area contributed by atoms with Gasteiger partial charge in [-0.1, -0.05) is 23.7 Å². The summed E-state index contributed by atoms with van der Waals surface area (Å²) < 4.78 is 7.85.